The zero-order valence-corrected chi connectivity index (χ0v) is 13.8. The van der Waals surface area contributed by atoms with Crippen molar-refractivity contribution in [3.05, 3.63) is 47.0 Å². The first-order valence-electron chi connectivity index (χ1n) is 7.22. The fraction of sp³-hybridized carbons (Fsp3) is 0.235. The summed E-state index contributed by atoms with van der Waals surface area (Å²) < 4.78 is 10.7. The van der Waals surface area contributed by atoms with Gasteiger partial charge in [-0.3, -0.25) is 4.79 Å². The number of carbonyl (C=O) groups excluding carboxylic acids is 1. The van der Waals surface area contributed by atoms with E-state index >= 15 is 0 Å². The molecule has 3 N–H and O–H groups in total. The van der Waals surface area contributed by atoms with Crippen LogP contribution in [0.1, 0.15) is 23.7 Å². The number of amides is 1. The summed E-state index contributed by atoms with van der Waals surface area (Å²) in [7, 11) is 1.49. The maximum Gasteiger partial charge on any atom is 0.255 e. The standard InChI is InChI=1S/C17H19ClN2O3/c1-3-8-23-13-6-4-11(5-7-13)17(21)20-16-14(18)9-12(19)10-15(16)22-2/h4-7,9-10H,3,8,19H2,1-2H3,(H,20,21). The van der Waals surface area contributed by atoms with E-state index in [-0.39, 0.29) is 5.91 Å². The number of rotatable bonds is 6. The Hall–Kier alpha value is -2.40. The second-order valence-corrected chi connectivity index (χ2v) is 5.31. The van der Waals surface area contributed by atoms with Crippen LogP contribution in [0.4, 0.5) is 11.4 Å². The quantitative estimate of drug-likeness (QED) is 0.784. The van der Waals surface area contributed by atoms with E-state index in [1.807, 2.05) is 6.92 Å². The topological polar surface area (TPSA) is 73.6 Å². The highest BCUT2D eigenvalue weighted by Crippen LogP contribution is 2.35. The number of nitrogen functional groups attached to an aromatic ring is 1. The molecule has 0 saturated heterocycles. The molecule has 1 amide bonds. The van der Waals surface area contributed by atoms with Gasteiger partial charge in [-0.05, 0) is 36.8 Å². The van der Waals surface area contributed by atoms with Gasteiger partial charge >= 0.3 is 0 Å². The van der Waals surface area contributed by atoms with Crippen molar-refractivity contribution in [2.24, 2.45) is 0 Å². The van der Waals surface area contributed by atoms with Gasteiger partial charge in [0.2, 0.25) is 0 Å². The van der Waals surface area contributed by atoms with Gasteiger partial charge < -0.3 is 20.5 Å². The van der Waals surface area contributed by atoms with Crippen LogP contribution in [0.5, 0.6) is 11.5 Å². The van der Waals surface area contributed by atoms with Crippen LogP contribution in [0.25, 0.3) is 0 Å². The zero-order valence-electron chi connectivity index (χ0n) is 13.1. The fourth-order valence-corrected chi connectivity index (χ4v) is 2.26. The zero-order chi connectivity index (χ0) is 16.8. The first kappa shape index (κ1) is 17.0. The molecule has 0 saturated carbocycles. The molecule has 0 unspecified atom stereocenters. The number of methoxy groups -OCH3 is 1. The molecule has 122 valence electrons. The van der Waals surface area contributed by atoms with Crippen molar-refractivity contribution in [1.82, 2.24) is 0 Å². The number of nitrogens with two attached hydrogens (primary N) is 1. The second kappa shape index (κ2) is 7.74. The first-order valence-corrected chi connectivity index (χ1v) is 7.60. The average molecular weight is 335 g/mol. The third-order valence-corrected chi connectivity index (χ3v) is 3.42. The molecule has 0 atom stereocenters. The van der Waals surface area contributed by atoms with E-state index in [4.69, 9.17) is 26.8 Å². The van der Waals surface area contributed by atoms with Gasteiger partial charge in [-0.25, -0.2) is 0 Å². The van der Waals surface area contributed by atoms with Gasteiger partial charge in [-0.15, -0.1) is 0 Å². The van der Waals surface area contributed by atoms with Crippen LogP contribution < -0.4 is 20.5 Å². The summed E-state index contributed by atoms with van der Waals surface area (Å²) in [6, 6.07) is 10.1. The molecule has 0 aliphatic rings. The van der Waals surface area contributed by atoms with Gasteiger partial charge in [-0.2, -0.15) is 0 Å². The van der Waals surface area contributed by atoms with Crippen molar-refractivity contribution >= 4 is 28.9 Å². The van der Waals surface area contributed by atoms with Gasteiger partial charge in [0.25, 0.3) is 5.91 Å². The summed E-state index contributed by atoms with van der Waals surface area (Å²) in [6.45, 7) is 2.68. The molecular formula is C17H19ClN2O3. The maximum absolute atomic E-state index is 12.3. The van der Waals surface area contributed by atoms with Gasteiger partial charge in [0.1, 0.15) is 17.2 Å². The van der Waals surface area contributed by atoms with Crippen LogP contribution >= 0.6 is 11.6 Å². The lowest BCUT2D eigenvalue weighted by Gasteiger charge is -2.13. The number of hydrogen-bond acceptors (Lipinski definition) is 4. The molecule has 0 radical (unpaired) electrons. The van der Waals surface area contributed by atoms with Crippen molar-refractivity contribution in [2.75, 3.05) is 24.8 Å². The summed E-state index contributed by atoms with van der Waals surface area (Å²) in [6.07, 6.45) is 0.928. The molecule has 0 aromatic heterocycles. The Balaban J connectivity index is 2.16. The van der Waals surface area contributed by atoms with E-state index in [2.05, 4.69) is 5.32 Å². The van der Waals surface area contributed by atoms with Crippen LogP contribution in [0.3, 0.4) is 0 Å². The van der Waals surface area contributed by atoms with Crippen molar-refractivity contribution < 1.29 is 14.3 Å². The summed E-state index contributed by atoms with van der Waals surface area (Å²) in [5.74, 6) is 0.842. The number of hydrogen-bond donors (Lipinski definition) is 2. The monoisotopic (exact) mass is 334 g/mol. The van der Waals surface area contributed by atoms with Gasteiger partial charge in [-0.1, -0.05) is 18.5 Å². The van der Waals surface area contributed by atoms with E-state index < -0.39 is 0 Å². The highest BCUT2D eigenvalue weighted by molar-refractivity contribution is 6.34. The molecule has 2 aromatic carbocycles. The maximum atomic E-state index is 12.3. The van der Waals surface area contributed by atoms with Gasteiger partial charge in [0.15, 0.2) is 0 Å². The van der Waals surface area contributed by atoms with Gasteiger partial charge in [0, 0.05) is 17.3 Å². The van der Waals surface area contributed by atoms with Crippen LogP contribution in [-0.2, 0) is 0 Å². The Labute approximate surface area is 140 Å². The molecule has 0 aliphatic heterocycles. The third-order valence-electron chi connectivity index (χ3n) is 3.12. The highest BCUT2D eigenvalue weighted by Gasteiger charge is 2.14. The lowest BCUT2D eigenvalue weighted by molar-refractivity contribution is 0.102. The molecule has 23 heavy (non-hydrogen) atoms. The lowest BCUT2D eigenvalue weighted by Crippen LogP contribution is -2.13. The number of benzene rings is 2. The molecular weight excluding hydrogens is 316 g/mol. The fourth-order valence-electron chi connectivity index (χ4n) is 1.99. The van der Waals surface area contributed by atoms with Crippen LogP contribution in [0, 0.1) is 0 Å². The van der Waals surface area contributed by atoms with E-state index in [0.29, 0.717) is 34.3 Å². The molecule has 6 heteroatoms. The first-order chi connectivity index (χ1) is 11.0. The number of carbonyl (C=O) groups is 1. The normalized spacial score (nSPS) is 10.2. The van der Waals surface area contributed by atoms with Crippen molar-refractivity contribution in [3.63, 3.8) is 0 Å². The van der Waals surface area contributed by atoms with Crippen LogP contribution in [0.15, 0.2) is 36.4 Å². The second-order valence-electron chi connectivity index (χ2n) is 4.91. The molecule has 0 spiro atoms. The van der Waals surface area contributed by atoms with Crippen LogP contribution in [0.2, 0.25) is 5.02 Å². The summed E-state index contributed by atoms with van der Waals surface area (Å²) in [5.41, 5.74) is 7.05. The number of ether oxygens (including phenoxy) is 2. The van der Waals surface area contributed by atoms with Crippen molar-refractivity contribution in [3.8, 4) is 11.5 Å². The molecule has 0 fully saturated rings. The molecule has 2 rings (SSSR count). The minimum absolute atomic E-state index is 0.294. The predicted molar refractivity (Wildman–Crippen MR) is 92.6 cm³/mol. The summed E-state index contributed by atoms with van der Waals surface area (Å²) in [5, 5.41) is 3.06. The highest BCUT2D eigenvalue weighted by atomic mass is 35.5. The number of nitrogens with one attached hydrogen (secondary N) is 1. The molecule has 5 nitrogen and oxygen atoms in total. The molecule has 0 bridgehead atoms. The Morgan fingerprint density at radius 1 is 1.26 bits per heavy atom. The van der Waals surface area contributed by atoms with Gasteiger partial charge in [0.05, 0.1) is 18.7 Å². The van der Waals surface area contributed by atoms with Crippen molar-refractivity contribution in [1.29, 1.82) is 0 Å². The minimum atomic E-state index is -0.294. The van der Waals surface area contributed by atoms with E-state index in [1.165, 1.54) is 7.11 Å². The predicted octanol–water partition coefficient (Wildman–Crippen LogP) is 3.97. The Kier molecular flexibility index (Phi) is 5.71. The largest absolute Gasteiger partial charge is 0.494 e. The Morgan fingerprint density at radius 3 is 2.57 bits per heavy atom. The van der Waals surface area contributed by atoms with E-state index in [9.17, 15) is 4.79 Å². The lowest BCUT2D eigenvalue weighted by atomic mass is 10.2. The van der Waals surface area contributed by atoms with Crippen molar-refractivity contribution in [2.45, 2.75) is 13.3 Å². The Morgan fingerprint density at radius 2 is 1.96 bits per heavy atom. The Bertz CT molecular complexity index is 687. The third kappa shape index (κ3) is 4.29. The molecule has 0 heterocycles. The number of halogens is 1. The minimum Gasteiger partial charge on any atom is -0.494 e. The molecule has 2 aromatic rings. The summed E-state index contributed by atoms with van der Waals surface area (Å²) in [4.78, 5) is 12.3. The average Bonchev–Trinajstić information content (AvgIpc) is 2.55. The van der Waals surface area contributed by atoms with E-state index in [0.717, 1.165) is 12.2 Å². The SMILES string of the molecule is CCCOc1ccc(C(=O)Nc2c(Cl)cc(N)cc2OC)cc1. The van der Waals surface area contributed by atoms with E-state index in [1.54, 1.807) is 36.4 Å². The number of anilines is 2. The van der Waals surface area contributed by atoms with Crippen LogP contribution in [-0.4, -0.2) is 19.6 Å². The molecule has 0 aliphatic carbocycles. The summed E-state index contributed by atoms with van der Waals surface area (Å²) >= 11 is 6.13. The smallest absolute Gasteiger partial charge is 0.255 e.